The van der Waals surface area contributed by atoms with Crippen molar-refractivity contribution in [3.63, 3.8) is 0 Å². The van der Waals surface area contributed by atoms with Crippen LogP contribution in [-0.2, 0) is 11.2 Å². The highest BCUT2D eigenvalue weighted by Crippen LogP contribution is 2.32. The van der Waals surface area contributed by atoms with Crippen LogP contribution < -0.4 is 16.2 Å². The van der Waals surface area contributed by atoms with E-state index < -0.39 is 5.82 Å². The quantitative estimate of drug-likeness (QED) is 0.600. The van der Waals surface area contributed by atoms with Crippen LogP contribution in [0.3, 0.4) is 0 Å². The number of carbonyl (C=O) groups is 1. The number of aromatic amines is 1. The maximum Gasteiger partial charge on any atom is 0.256 e. The summed E-state index contributed by atoms with van der Waals surface area (Å²) in [5.74, 6) is 0.234. The first-order chi connectivity index (χ1) is 13.8. The van der Waals surface area contributed by atoms with Gasteiger partial charge in [-0.15, -0.1) is 0 Å². The SMILES string of the molecule is CC(C)c1[nH]c(=O)c(-c2ccc(F)c(Cl)c2)cc1Nc1ncnc2c1CC(=O)N2. The molecule has 1 amide bonds. The molecule has 0 atom stereocenters. The van der Waals surface area contributed by atoms with E-state index in [2.05, 4.69) is 25.6 Å². The van der Waals surface area contributed by atoms with Gasteiger partial charge in [0.2, 0.25) is 5.91 Å². The zero-order valence-corrected chi connectivity index (χ0v) is 16.4. The molecule has 1 aliphatic heterocycles. The maximum absolute atomic E-state index is 13.5. The third-order valence-corrected chi connectivity index (χ3v) is 4.96. The number of rotatable bonds is 4. The molecular formula is C20H17ClFN5O2. The summed E-state index contributed by atoms with van der Waals surface area (Å²) < 4.78 is 13.5. The van der Waals surface area contributed by atoms with Crippen molar-refractivity contribution in [2.45, 2.75) is 26.2 Å². The Morgan fingerprint density at radius 2 is 2.00 bits per heavy atom. The number of anilines is 3. The van der Waals surface area contributed by atoms with Crippen molar-refractivity contribution in [2.75, 3.05) is 10.6 Å². The number of nitrogens with zero attached hydrogens (tertiary/aromatic N) is 2. The van der Waals surface area contributed by atoms with Gasteiger partial charge in [-0.3, -0.25) is 9.59 Å². The number of hydrogen-bond donors (Lipinski definition) is 3. The number of aromatic nitrogens is 3. The molecule has 0 spiro atoms. The first-order valence-electron chi connectivity index (χ1n) is 8.97. The van der Waals surface area contributed by atoms with Gasteiger partial charge >= 0.3 is 0 Å². The number of pyridine rings is 1. The number of halogens is 2. The minimum Gasteiger partial charge on any atom is -0.338 e. The second-order valence-electron chi connectivity index (χ2n) is 7.02. The van der Waals surface area contributed by atoms with Crippen molar-refractivity contribution >= 4 is 34.8 Å². The summed E-state index contributed by atoms with van der Waals surface area (Å²) in [5, 5.41) is 5.83. The highest BCUT2D eigenvalue weighted by Gasteiger charge is 2.24. The van der Waals surface area contributed by atoms with Crippen molar-refractivity contribution in [3.05, 3.63) is 63.0 Å². The Hall–Kier alpha value is -3.26. The lowest BCUT2D eigenvalue weighted by Gasteiger charge is -2.17. The fraction of sp³-hybridized carbons (Fsp3) is 0.200. The molecule has 3 aromatic rings. The first-order valence-corrected chi connectivity index (χ1v) is 9.34. The van der Waals surface area contributed by atoms with Crippen LogP contribution >= 0.6 is 11.6 Å². The summed E-state index contributed by atoms with van der Waals surface area (Å²) in [7, 11) is 0. The minimum absolute atomic E-state index is 0.00528. The molecule has 1 aromatic carbocycles. The van der Waals surface area contributed by atoms with Gasteiger partial charge in [-0.05, 0) is 29.7 Å². The summed E-state index contributed by atoms with van der Waals surface area (Å²) in [4.78, 5) is 35.6. The fourth-order valence-corrected chi connectivity index (χ4v) is 3.42. The van der Waals surface area contributed by atoms with Crippen molar-refractivity contribution in [1.29, 1.82) is 0 Å². The molecule has 0 bridgehead atoms. The number of hydrogen-bond acceptors (Lipinski definition) is 5. The van der Waals surface area contributed by atoms with E-state index in [4.69, 9.17) is 11.6 Å². The summed E-state index contributed by atoms with van der Waals surface area (Å²) in [6.45, 7) is 3.89. The Labute approximate surface area is 170 Å². The summed E-state index contributed by atoms with van der Waals surface area (Å²) >= 11 is 5.89. The zero-order valence-electron chi connectivity index (χ0n) is 15.6. The molecule has 9 heteroatoms. The van der Waals surface area contributed by atoms with E-state index in [1.807, 2.05) is 13.8 Å². The van der Waals surface area contributed by atoms with Gasteiger partial charge in [0.25, 0.3) is 5.56 Å². The largest absolute Gasteiger partial charge is 0.338 e. The van der Waals surface area contributed by atoms with Gasteiger partial charge in [0.1, 0.15) is 23.8 Å². The van der Waals surface area contributed by atoms with Crippen molar-refractivity contribution < 1.29 is 9.18 Å². The number of fused-ring (bicyclic) bond motifs is 1. The van der Waals surface area contributed by atoms with E-state index >= 15 is 0 Å². The molecule has 29 heavy (non-hydrogen) atoms. The van der Waals surface area contributed by atoms with Crippen molar-refractivity contribution in [3.8, 4) is 11.1 Å². The number of nitrogens with one attached hydrogen (secondary N) is 3. The molecule has 0 saturated carbocycles. The number of amides is 1. The maximum atomic E-state index is 13.5. The third kappa shape index (κ3) is 3.58. The van der Waals surface area contributed by atoms with E-state index in [1.165, 1.54) is 24.5 Å². The van der Waals surface area contributed by atoms with Gasteiger partial charge < -0.3 is 15.6 Å². The molecule has 0 saturated heterocycles. The number of benzene rings is 1. The highest BCUT2D eigenvalue weighted by atomic mass is 35.5. The number of carbonyl (C=O) groups excluding carboxylic acids is 1. The van der Waals surface area contributed by atoms with Crippen LogP contribution in [0.15, 0.2) is 35.4 Å². The second kappa shape index (κ2) is 7.29. The van der Waals surface area contributed by atoms with Crippen LogP contribution in [0.4, 0.5) is 21.7 Å². The fourth-order valence-electron chi connectivity index (χ4n) is 3.24. The van der Waals surface area contributed by atoms with Crippen LogP contribution in [0, 0.1) is 5.82 Å². The molecule has 3 N–H and O–H groups in total. The van der Waals surface area contributed by atoms with Gasteiger partial charge in [-0.2, -0.15) is 0 Å². The Balaban J connectivity index is 1.83. The van der Waals surface area contributed by atoms with Crippen LogP contribution in [0.5, 0.6) is 0 Å². The monoisotopic (exact) mass is 413 g/mol. The van der Waals surface area contributed by atoms with Crippen molar-refractivity contribution in [1.82, 2.24) is 15.0 Å². The Bertz CT molecular complexity index is 1190. The minimum atomic E-state index is -0.558. The topological polar surface area (TPSA) is 99.8 Å². The molecule has 4 rings (SSSR count). The van der Waals surface area contributed by atoms with E-state index in [0.29, 0.717) is 39.7 Å². The Morgan fingerprint density at radius 1 is 1.21 bits per heavy atom. The lowest BCUT2D eigenvalue weighted by atomic mass is 10.0. The van der Waals surface area contributed by atoms with Crippen LogP contribution in [0.1, 0.15) is 31.0 Å². The molecule has 0 aliphatic carbocycles. The van der Waals surface area contributed by atoms with Gasteiger partial charge in [-0.25, -0.2) is 14.4 Å². The summed E-state index contributed by atoms with van der Waals surface area (Å²) in [5.41, 5.74) is 2.46. The van der Waals surface area contributed by atoms with Gasteiger partial charge in [0, 0.05) is 16.8 Å². The molecule has 1 aliphatic rings. The predicted octanol–water partition coefficient (Wildman–Crippen LogP) is 3.99. The molecule has 3 heterocycles. The molecule has 148 valence electrons. The van der Waals surface area contributed by atoms with Gasteiger partial charge in [0.15, 0.2) is 0 Å². The lowest BCUT2D eigenvalue weighted by molar-refractivity contribution is -0.115. The molecule has 0 radical (unpaired) electrons. The smallest absolute Gasteiger partial charge is 0.256 e. The van der Waals surface area contributed by atoms with Crippen LogP contribution in [-0.4, -0.2) is 20.9 Å². The summed E-state index contributed by atoms with van der Waals surface area (Å²) in [6.07, 6.45) is 1.52. The van der Waals surface area contributed by atoms with Crippen LogP contribution in [0.25, 0.3) is 11.1 Å². The standard InChI is InChI=1S/C20H17ClFN5O2/c1-9(2)17-15(25-18-12-7-16(28)26-19(12)24-8-23-18)6-11(20(29)27-17)10-3-4-14(22)13(21)5-10/h3-6,8-9H,7H2,1-2H3,(H,27,29)(H2,23,24,25,26,28). The Kier molecular flexibility index (Phi) is 4.79. The van der Waals surface area contributed by atoms with Gasteiger partial charge in [0.05, 0.1) is 17.1 Å². The predicted molar refractivity (Wildman–Crippen MR) is 109 cm³/mol. The van der Waals surface area contributed by atoms with E-state index in [-0.39, 0.29) is 28.8 Å². The molecular weight excluding hydrogens is 397 g/mol. The third-order valence-electron chi connectivity index (χ3n) is 4.67. The average Bonchev–Trinajstić information content (AvgIpc) is 3.06. The van der Waals surface area contributed by atoms with Gasteiger partial charge in [-0.1, -0.05) is 31.5 Å². The van der Waals surface area contributed by atoms with Crippen molar-refractivity contribution in [2.24, 2.45) is 0 Å². The second-order valence-corrected chi connectivity index (χ2v) is 7.43. The average molecular weight is 414 g/mol. The first kappa shape index (κ1) is 19.1. The van der Waals surface area contributed by atoms with E-state index in [9.17, 15) is 14.0 Å². The lowest BCUT2D eigenvalue weighted by Crippen LogP contribution is -2.15. The molecule has 2 aromatic heterocycles. The molecule has 7 nitrogen and oxygen atoms in total. The molecule has 0 fully saturated rings. The highest BCUT2D eigenvalue weighted by molar-refractivity contribution is 6.31. The zero-order chi connectivity index (χ0) is 20.7. The number of H-pyrrole nitrogens is 1. The van der Waals surface area contributed by atoms with E-state index in [1.54, 1.807) is 6.07 Å². The normalized spacial score (nSPS) is 12.8. The van der Waals surface area contributed by atoms with E-state index in [0.717, 1.165) is 0 Å². The summed E-state index contributed by atoms with van der Waals surface area (Å²) in [6, 6.07) is 5.80. The van der Waals surface area contributed by atoms with Crippen LogP contribution in [0.2, 0.25) is 5.02 Å². The molecule has 0 unspecified atom stereocenters. The Morgan fingerprint density at radius 3 is 2.72 bits per heavy atom.